The molecule has 0 aliphatic heterocycles. The van der Waals surface area contributed by atoms with Crippen LogP contribution in [-0.2, 0) is 9.47 Å². The molecule has 0 spiro atoms. The molecule has 2 rings (SSSR count). The van der Waals surface area contributed by atoms with Crippen LogP contribution in [0.1, 0.15) is 31.8 Å². The average Bonchev–Trinajstić information content (AvgIpc) is 2.67. The summed E-state index contributed by atoms with van der Waals surface area (Å²) in [6.07, 6.45) is 0. The number of carbonyl (C=O) groups excluding carboxylic acids is 2. The zero-order valence-electron chi connectivity index (χ0n) is 16.0. The molecule has 0 atom stereocenters. The van der Waals surface area contributed by atoms with Gasteiger partial charge in [0, 0.05) is 37.0 Å². The lowest BCUT2D eigenvalue weighted by Crippen LogP contribution is -2.17. The zero-order valence-corrected chi connectivity index (χ0v) is 16.0. The number of anilines is 1. The number of rotatable bonds is 9. The summed E-state index contributed by atoms with van der Waals surface area (Å²) in [7, 11) is 1.53. The molecule has 0 fully saturated rings. The van der Waals surface area contributed by atoms with Gasteiger partial charge in [-0.05, 0) is 31.5 Å². The van der Waals surface area contributed by atoms with Crippen molar-refractivity contribution in [1.29, 1.82) is 0 Å². The molecule has 28 heavy (non-hydrogen) atoms. The molecule has 0 aliphatic carbocycles. The van der Waals surface area contributed by atoms with Crippen molar-refractivity contribution < 1.29 is 24.0 Å². The van der Waals surface area contributed by atoms with Crippen molar-refractivity contribution in [2.24, 2.45) is 0 Å². The minimum Gasteiger partial charge on any atom is -0.454 e. The molecule has 0 aliphatic rings. The van der Waals surface area contributed by atoms with E-state index >= 15 is 0 Å². The molecule has 8 nitrogen and oxygen atoms in total. The highest BCUT2D eigenvalue weighted by molar-refractivity contribution is 6.02. The van der Waals surface area contributed by atoms with Crippen LogP contribution in [0.15, 0.2) is 36.4 Å². The van der Waals surface area contributed by atoms with E-state index in [0.717, 1.165) is 17.2 Å². The molecule has 2 aromatic carbocycles. The van der Waals surface area contributed by atoms with E-state index < -0.39 is 17.5 Å². The van der Waals surface area contributed by atoms with E-state index in [1.807, 2.05) is 19.1 Å². The van der Waals surface area contributed by atoms with Crippen LogP contribution in [0.5, 0.6) is 0 Å². The largest absolute Gasteiger partial charge is 0.454 e. The summed E-state index contributed by atoms with van der Waals surface area (Å²) in [6, 6.07) is 9.28. The SMILES string of the molecule is COCCNc1ccc([N+](=O)[O-])cc1C(=O)OCC(=O)c1cc(C)ccc1C. The van der Waals surface area contributed by atoms with Gasteiger partial charge in [0.1, 0.15) is 0 Å². The molecule has 1 N–H and O–H groups in total. The van der Waals surface area contributed by atoms with Gasteiger partial charge in [-0.25, -0.2) is 4.79 Å². The molecule has 0 radical (unpaired) electrons. The van der Waals surface area contributed by atoms with Crippen LogP contribution in [0.25, 0.3) is 0 Å². The van der Waals surface area contributed by atoms with Crippen LogP contribution in [0.3, 0.4) is 0 Å². The van der Waals surface area contributed by atoms with Gasteiger partial charge < -0.3 is 14.8 Å². The number of aryl methyl sites for hydroxylation is 2. The normalized spacial score (nSPS) is 10.4. The van der Waals surface area contributed by atoms with Gasteiger partial charge in [0.15, 0.2) is 6.61 Å². The van der Waals surface area contributed by atoms with E-state index in [1.54, 1.807) is 13.0 Å². The van der Waals surface area contributed by atoms with Crippen LogP contribution < -0.4 is 5.32 Å². The minimum atomic E-state index is -0.817. The standard InChI is InChI=1S/C20H22N2O6/c1-13-4-5-14(2)16(10-13)19(23)12-28-20(24)17-11-15(22(25)26)6-7-18(17)21-8-9-27-3/h4-7,10-11,21H,8-9,12H2,1-3H3. The Morgan fingerprint density at radius 2 is 1.86 bits per heavy atom. The fraction of sp³-hybridized carbons (Fsp3) is 0.300. The molecule has 0 amide bonds. The van der Waals surface area contributed by atoms with Crippen molar-refractivity contribution in [2.75, 3.05) is 32.2 Å². The van der Waals surface area contributed by atoms with Gasteiger partial charge in [-0.15, -0.1) is 0 Å². The van der Waals surface area contributed by atoms with Gasteiger partial charge in [-0.3, -0.25) is 14.9 Å². The Morgan fingerprint density at radius 1 is 1.11 bits per heavy atom. The number of hydrogen-bond donors (Lipinski definition) is 1. The van der Waals surface area contributed by atoms with Crippen LogP contribution in [-0.4, -0.2) is 43.5 Å². The third kappa shape index (κ3) is 5.37. The molecule has 0 unspecified atom stereocenters. The zero-order chi connectivity index (χ0) is 20.7. The van der Waals surface area contributed by atoms with E-state index in [9.17, 15) is 19.7 Å². The first kappa shape index (κ1) is 21.0. The number of nitro groups is 1. The van der Waals surface area contributed by atoms with Crippen molar-refractivity contribution in [3.05, 3.63) is 68.8 Å². The fourth-order valence-electron chi connectivity index (χ4n) is 2.58. The predicted octanol–water partition coefficient (Wildman–Crippen LogP) is 3.31. The second-order valence-electron chi connectivity index (χ2n) is 6.22. The molecule has 8 heteroatoms. The molecular formula is C20H22N2O6. The van der Waals surface area contributed by atoms with Crippen LogP contribution >= 0.6 is 0 Å². The number of carbonyl (C=O) groups is 2. The fourth-order valence-corrected chi connectivity index (χ4v) is 2.58. The maximum atomic E-state index is 12.5. The summed E-state index contributed by atoms with van der Waals surface area (Å²) < 4.78 is 10.1. The molecule has 0 saturated heterocycles. The Hall–Kier alpha value is -3.26. The van der Waals surface area contributed by atoms with Crippen molar-refractivity contribution >= 4 is 23.1 Å². The molecular weight excluding hydrogens is 364 g/mol. The van der Waals surface area contributed by atoms with Gasteiger partial charge in [0.2, 0.25) is 5.78 Å². The first-order valence-electron chi connectivity index (χ1n) is 8.62. The number of Topliss-reactive ketones (excluding diaryl/α,β-unsaturated/α-hetero) is 1. The first-order chi connectivity index (χ1) is 13.3. The second kappa shape index (κ2) is 9.61. The highest BCUT2D eigenvalue weighted by Gasteiger charge is 2.20. The lowest BCUT2D eigenvalue weighted by Gasteiger charge is -2.12. The molecule has 0 saturated carbocycles. The summed E-state index contributed by atoms with van der Waals surface area (Å²) in [4.78, 5) is 35.3. The molecule has 0 aromatic heterocycles. The maximum absolute atomic E-state index is 12.5. The molecule has 0 heterocycles. The smallest absolute Gasteiger partial charge is 0.340 e. The number of ether oxygens (including phenoxy) is 2. The summed E-state index contributed by atoms with van der Waals surface area (Å²) in [5, 5.41) is 14.0. The number of ketones is 1. The second-order valence-corrected chi connectivity index (χ2v) is 6.22. The molecule has 0 bridgehead atoms. The van der Waals surface area contributed by atoms with Crippen LogP contribution in [0.4, 0.5) is 11.4 Å². The van der Waals surface area contributed by atoms with E-state index in [0.29, 0.717) is 24.4 Å². The average molecular weight is 386 g/mol. The van der Waals surface area contributed by atoms with Gasteiger partial charge in [0.25, 0.3) is 5.69 Å². The Labute approximate surface area is 162 Å². The Kier molecular flexibility index (Phi) is 7.22. The summed E-state index contributed by atoms with van der Waals surface area (Å²) >= 11 is 0. The number of esters is 1. The maximum Gasteiger partial charge on any atom is 0.340 e. The Balaban J connectivity index is 2.17. The first-order valence-corrected chi connectivity index (χ1v) is 8.62. The number of hydrogen-bond acceptors (Lipinski definition) is 7. The quantitative estimate of drug-likeness (QED) is 0.232. The third-order valence-electron chi connectivity index (χ3n) is 4.08. The summed E-state index contributed by atoms with van der Waals surface area (Å²) in [6.45, 7) is 3.99. The van der Waals surface area contributed by atoms with Gasteiger partial charge in [0.05, 0.1) is 17.1 Å². The monoisotopic (exact) mass is 386 g/mol. The van der Waals surface area contributed by atoms with E-state index in [2.05, 4.69) is 5.32 Å². The van der Waals surface area contributed by atoms with Gasteiger partial charge in [-0.1, -0.05) is 17.7 Å². The minimum absolute atomic E-state index is 0.0148. The van der Waals surface area contributed by atoms with Crippen molar-refractivity contribution in [2.45, 2.75) is 13.8 Å². The molecule has 148 valence electrons. The number of nitrogens with one attached hydrogen (secondary N) is 1. The van der Waals surface area contributed by atoms with Crippen molar-refractivity contribution in [3.63, 3.8) is 0 Å². The number of nitro benzene ring substituents is 1. The highest BCUT2D eigenvalue weighted by atomic mass is 16.6. The summed E-state index contributed by atoms with van der Waals surface area (Å²) in [5.74, 6) is -1.16. The van der Waals surface area contributed by atoms with E-state index in [1.165, 1.54) is 19.2 Å². The van der Waals surface area contributed by atoms with Crippen LogP contribution in [0, 0.1) is 24.0 Å². The van der Waals surface area contributed by atoms with E-state index in [-0.39, 0.29) is 17.0 Å². The number of nitrogens with zero attached hydrogens (tertiary/aromatic N) is 1. The van der Waals surface area contributed by atoms with Crippen molar-refractivity contribution in [1.82, 2.24) is 0 Å². The third-order valence-corrected chi connectivity index (χ3v) is 4.08. The van der Waals surface area contributed by atoms with Gasteiger partial charge >= 0.3 is 5.97 Å². The predicted molar refractivity (Wildman–Crippen MR) is 104 cm³/mol. The Bertz CT molecular complexity index is 894. The lowest BCUT2D eigenvalue weighted by atomic mass is 10.0. The van der Waals surface area contributed by atoms with Gasteiger partial charge in [-0.2, -0.15) is 0 Å². The number of benzene rings is 2. The molecule has 2 aromatic rings. The van der Waals surface area contributed by atoms with E-state index in [4.69, 9.17) is 9.47 Å². The summed E-state index contributed by atoms with van der Waals surface area (Å²) in [5.41, 5.74) is 2.29. The van der Waals surface area contributed by atoms with Crippen LogP contribution in [0.2, 0.25) is 0 Å². The van der Waals surface area contributed by atoms with Crippen molar-refractivity contribution in [3.8, 4) is 0 Å². The number of non-ortho nitro benzene ring substituents is 1. The number of methoxy groups -OCH3 is 1. The Morgan fingerprint density at radius 3 is 2.54 bits per heavy atom. The highest BCUT2D eigenvalue weighted by Crippen LogP contribution is 2.23. The topological polar surface area (TPSA) is 108 Å². The lowest BCUT2D eigenvalue weighted by molar-refractivity contribution is -0.384.